The Morgan fingerprint density at radius 3 is 2.00 bits per heavy atom. The molecule has 0 bridgehead atoms. The van der Waals surface area contributed by atoms with Crippen LogP contribution in [-0.4, -0.2) is 52.8 Å². The minimum atomic E-state index is -0.102. The summed E-state index contributed by atoms with van der Waals surface area (Å²) in [6.45, 7) is 1.88. The van der Waals surface area contributed by atoms with Gasteiger partial charge in [0.2, 0.25) is 0 Å². The zero-order chi connectivity index (χ0) is 20.9. The van der Waals surface area contributed by atoms with Crippen LogP contribution in [0.1, 0.15) is 20.7 Å². The van der Waals surface area contributed by atoms with Crippen molar-refractivity contribution in [2.75, 3.05) is 26.2 Å². The van der Waals surface area contributed by atoms with Crippen LogP contribution in [0.25, 0.3) is 0 Å². The minimum absolute atomic E-state index is 0.0635. The molecule has 4 rings (SSSR count). The number of rotatable bonds is 4. The molecule has 2 amide bonds. The van der Waals surface area contributed by atoms with E-state index < -0.39 is 0 Å². The van der Waals surface area contributed by atoms with E-state index >= 15 is 0 Å². The smallest absolute Gasteiger partial charge is 0.256 e. The molecule has 0 unspecified atom stereocenters. The fourth-order valence-electron chi connectivity index (χ4n) is 3.32. The van der Waals surface area contributed by atoms with Gasteiger partial charge in [-0.2, -0.15) is 0 Å². The molecule has 152 valence electrons. The molecule has 0 saturated carbocycles. The van der Waals surface area contributed by atoms with Crippen molar-refractivity contribution in [2.24, 2.45) is 0 Å². The Kier molecular flexibility index (Phi) is 6.35. The number of hydrogen-bond donors (Lipinski definition) is 0. The molecule has 30 heavy (non-hydrogen) atoms. The highest BCUT2D eigenvalue weighted by Crippen LogP contribution is 2.29. The Balaban J connectivity index is 1.44. The molecule has 1 aromatic heterocycles. The second kappa shape index (κ2) is 9.32. The summed E-state index contributed by atoms with van der Waals surface area (Å²) in [4.78, 5) is 34.9. The van der Waals surface area contributed by atoms with Crippen molar-refractivity contribution < 1.29 is 9.59 Å². The summed E-state index contributed by atoms with van der Waals surface area (Å²) in [5, 5.41) is 1.13. The Morgan fingerprint density at radius 2 is 1.33 bits per heavy atom. The van der Waals surface area contributed by atoms with Gasteiger partial charge in [-0.1, -0.05) is 53.7 Å². The maximum absolute atomic E-state index is 13.2. The molecule has 1 saturated heterocycles. The van der Waals surface area contributed by atoms with Crippen LogP contribution >= 0.6 is 23.4 Å². The molecule has 5 nitrogen and oxygen atoms in total. The van der Waals surface area contributed by atoms with Crippen molar-refractivity contribution in [1.29, 1.82) is 0 Å². The van der Waals surface area contributed by atoms with Crippen molar-refractivity contribution in [3.8, 4) is 0 Å². The van der Waals surface area contributed by atoms with Crippen molar-refractivity contribution in [2.45, 2.75) is 9.92 Å². The summed E-state index contributed by atoms with van der Waals surface area (Å²) >= 11 is 7.63. The maximum atomic E-state index is 13.2. The van der Waals surface area contributed by atoms with Gasteiger partial charge in [-0.05, 0) is 36.4 Å². The predicted octanol–water partition coefficient (Wildman–Crippen LogP) is 4.48. The van der Waals surface area contributed by atoms with Crippen LogP contribution in [0.5, 0.6) is 0 Å². The number of halogens is 1. The first kappa shape index (κ1) is 20.4. The molecule has 0 N–H and O–H groups in total. The van der Waals surface area contributed by atoms with Crippen LogP contribution in [0.2, 0.25) is 5.02 Å². The Labute approximate surface area is 184 Å². The molecular formula is C23H20ClN3O2S. The zero-order valence-corrected chi connectivity index (χ0v) is 17.8. The van der Waals surface area contributed by atoms with Crippen molar-refractivity contribution in [3.05, 3.63) is 89.1 Å². The van der Waals surface area contributed by atoms with E-state index in [1.807, 2.05) is 36.4 Å². The summed E-state index contributed by atoms with van der Waals surface area (Å²) < 4.78 is 0. The van der Waals surface area contributed by atoms with E-state index in [1.165, 1.54) is 11.8 Å². The molecule has 1 aliphatic rings. The SMILES string of the molecule is O=C(c1ccccc1Cl)N1CCN(C(=O)c2cccnc2Sc2ccccc2)CC1. The number of carbonyl (C=O) groups is 2. The molecule has 1 aliphatic heterocycles. The molecule has 3 aromatic rings. The minimum Gasteiger partial charge on any atom is -0.335 e. The topological polar surface area (TPSA) is 53.5 Å². The highest BCUT2D eigenvalue weighted by Gasteiger charge is 2.27. The summed E-state index contributed by atoms with van der Waals surface area (Å²) in [5.74, 6) is -0.166. The van der Waals surface area contributed by atoms with Crippen LogP contribution < -0.4 is 0 Å². The Hall–Kier alpha value is -2.83. The van der Waals surface area contributed by atoms with Crippen LogP contribution in [0.4, 0.5) is 0 Å². The standard InChI is InChI=1S/C23H20ClN3O2S/c24-20-11-5-4-9-18(20)22(28)26-13-15-27(16-14-26)23(29)19-10-6-12-25-21(19)30-17-7-2-1-3-8-17/h1-12H,13-16H2. The van der Waals surface area contributed by atoms with Gasteiger partial charge in [0, 0.05) is 37.3 Å². The van der Waals surface area contributed by atoms with Gasteiger partial charge in [-0.15, -0.1) is 0 Å². The fraction of sp³-hybridized carbons (Fsp3) is 0.174. The lowest BCUT2D eigenvalue weighted by Crippen LogP contribution is -2.50. The first-order chi connectivity index (χ1) is 14.6. The molecule has 2 heterocycles. The van der Waals surface area contributed by atoms with Gasteiger partial charge in [0.25, 0.3) is 11.8 Å². The normalized spacial score (nSPS) is 13.9. The molecule has 1 fully saturated rings. The Morgan fingerprint density at radius 1 is 0.767 bits per heavy atom. The number of benzene rings is 2. The Bertz CT molecular complexity index is 1050. The number of piperazine rings is 1. The summed E-state index contributed by atoms with van der Waals surface area (Å²) in [6.07, 6.45) is 1.70. The second-order valence-electron chi connectivity index (χ2n) is 6.84. The van der Waals surface area contributed by atoms with Crippen molar-refractivity contribution in [3.63, 3.8) is 0 Å². The van der Waals surface area contributed by atoms with Crippen LogP contribution in [0.3, 0.4) is 0 Å². The van der Waals surface area contributed by atoms with Gasteiger partial charge in [0.15, 0.2) is 0 Å². The van der Waals surface area contributed by atoms with E-state index in [1.54, 1.807) is 46.3 Å². The first-order valence-corrected chi connectivity index (χ1v) is 10.8. The third kappa shape index (κ3) is 4.50. The summed E-state index contributed by atoms with van der Waals surface area (Å²) in [6, 6.07) is 20.5. The fourth-order valence-corrected chi connectivity index (χ4v) is 4.43. The van der Waals surface area contributed by atoms with Crippen molar-refractivity contribution >= 4 is 35.2 Å². The second-order valence-corrected chi connectivity index (χ2v) is 8.30. The average molecular weight is 438 g/mol. The zero-order valence-electron chi connectivity index (χ0n) is 16.2. The molecule has 0 atom stereocenters. The lowest BCUT2D eigenvalue weighted by atomic mass is 10.1. The van der Waals surface area contributed by atoms with E-state index in [2.05, 4.69) is 4.98 Å². The number of carbonyl (C=O) groups excluding carboxylic acids is 2. The molecule has 0 aliphatic carbocycles. The average Bonchev–Trinajstić information content (AvgIpc) is 2.80. The third-order valence-corrected chi connectivity index (χ3v) is 6.27. The predicted molar refractivity (Wildman–Crippen MR) is 118 cm³/mol. The van der Waals surface area contributed by atoms with Crippen LogP contribution in [0, 0.1) is 0 Å². The first-order valence-electron chi connectivity index (χ1n) is 9.64. The number of hydrogen-bond acceptors (Lipinski definition) is 4. The number of amides is 2. The van der Waals surface area contributed by atoms with Gasteiger partial charge < -0.3 is 9.80 Å². The molecule has 0 spiro atoms. The molecular weight excluding hydrogens is 418 g/mol. The largest absolute Gasteiger partial charge is 0.335 e. The molecule has 7 heteroatoms. The quantitative estimate of drug-likeness (QED) is 0.603. The number of nitrogens with zero attached hydrogens (tertiary/aromatic N) is 3. The van der Waals surface area contributed by atoms with E-state index in [0.29, 0.717) is 47.4 Å². The van der Waals surface area contributed by atoms with E-state index in [9.17, 15) is 9.59 Å². The van der Waals surface area contributed by atoms with Crippen LogP contribution in [-0.2, 0) is 0 Å². The summed E-state index contributed by atoms with van der Waals surface area (Å²) in [5.41, 5.74) is 1.07. The van der Waals surface area contributed by atoms with Gasteiger partial charge in [0.05, 0.1) is 16.1 Å². The summed E-state index contributed by atoms with van der Waals surface area (Å²) in [7, 11) is 0. The highest BCUT2D eigenvalue weighted by molar-refractivity contribution is 7.99. The van der Waals surface area contributed by atoms with E-state index in [-0.39, 0.29) is 11.8 Å². The number of aromatic nitrogens is 1. The van der Waals surface area contributed by atoms with Crippen molar-refractivity contribution in [1.82, 2.24) is 14.8 Å². The van der Waals surface area contributed by atoms with Gasteiger partial charge in [0.1, 0.15) is 5.03 Å². The van der Waals surface area contributed by atoms with Gasteiger partial charge in [-0.25, -0.2) is 4.98 Å². The number of pyridine rings is 1. The highest BCUT2D eigenvalue weighted by atomic mass is 35.5. The van der Waals surface area contributed by atoms with E-state index in [4.69, 9.17) is 11.6 Å². The van der Waals surface area contributed by atoms with Gasteiger partial charge >= 0.3 is 0 Å². The lowest BCUT2D eigenvalue weighted by molar-refractivity contribution is 0.0533. The van der Waals surface area contributed by atoms with E-state index in [0.717, 1.165) is 4.90 Å². The van der Waals surface area contributed by atoms with Gasteiger partial charge in [-0.3, -0.25) is 9.59 Å². The maximum Gasteiger partial charge on any atom is 0.256 e. The molecule has 2 aromatic carbocycles. The third-order valence-electron chi connectivity index (χ3n) is 4.92. The van der Waals surface area contributed by atoms with Crippen LogP contribution in [0.15, 0.2) is 82.8 Å². The molecule has 0 radical (unpaired) electrons. The lowest BCUT2D eigenvalue weighted by Gasteiger charge is -2.35. The monoisotopic (exact) mass is 437 g/mol.